The number of hydrogen-bond donors (Lipinski definition) is 0. The Hall–Kier alpha value is -1.31. The third kappa shape index (κ3) is 6.05. The van der Waals surface area contributed by atoms with E-state index in [-0.39, 0.29) is 16.7 Å². The molecule has 2 saturated heterocycles. The molecule has 206 valence electrons. The zero-order valence-corrected chi connectivity index (χ0v) is 25.0. The largest absolute Gasteiger partial charge is 0.379 e. The molecule has 2 fully saturated rings. The van der Waals surface area contributed by atoms with E-state index in [1.54, 1.807) is 11.0 Å². The first-order valence-electron chi connectivity index (χ1n) is 12.7. The van der Waals surface area contributed by atoms with Crippen molar-refractivity contribution in [3.63, 3.8) is 0 Å². The molecule has 1 amide bonds. The van der Waals surface area contributed by atoms with Crippen LogP contribution in [0.4, 0.5) is 5.13 Å². The maximum atomic E-state index is 14.0. The molecule has 0 N–H and O–H groups in total. The summed E-state index contributed by atoms with van der Waals surface area (Å²) in [5.74, 6) is -0.534. The Bertz CT molecular complexity index is 1400. The number of thiophene rings is 1. The van der Waals surface area contributed by atoms with E-state index in [1.807, 2.05) is 19.1 Å². The van der Waals surface area contributed by atoms with Crippen LogP contribution in [0.25, 0.3) is 10.2 Å². The van der Waals surface area contributed by atoms with E-state index < -0.39 is 15.9 Å². The van der Waals surface area contributed by atoms with Crippen molar-refractivity contribution in [3.8, 4) is 0 Å². The number of rotatable bonds is 8. The van der Waals surface area contributed by atoms with E-state index in [0.717, 1.165) is 66.4 Å². The lowest BCUT2D eigenvalue weighted by Gasteiger charge is -2.34. The number of aromatic nitrogens is 1. The van der Waals surface area contributed by atoms with Crippen LogP contribution in [-0.2, 0) is 19.6 Å². The number of sulfonamides is 1. The molecule has 2 aliphatic rings. The van der Waals surface area contributed by atoms with Crippen molar-refractivity contribution in [2.24, 2.45) is 5.92 Å². The van der Waals surface area contributed by atoms with Crippen molar-refractivity contribution < 1.29 is 17.9 Å². The summed E-state index contributed by atoms with van der Waals surface area (Å²) in [5.41, 5.74) is 1.68. The summed E-state index contributed by atoms with van der Waals surface area (Å²) < 4.78 is 35.0. The Morgan fingerprint density at radius 3 is 2.68 bits per heavy atom. The quantitative estimate of drug-likeness (QED) is 0.349. The van der Waals surface area contributed by atoms with E-state index in [4.69, 9.17) is 32.9 Å². The number of fused-ring (bicyclic) bond motifs is 1. The summed E-state index contributed by atoms with van der Waals surface area (Å²) in [6, 6.07) is 6.90. The number of morpholine rings is 1. The van der Waals surface area contributed by atoms with Crippen molar-refractivity contribution in [1.82, 2.24) is 14.2 Å². The third-order valence-electron chi connectivity index (χ3n) is 7.07. The van der Waals surface area contributed by atoms with Gasteiger partial charge in [-0.05, 0) is 56.0 Å². The molecule has 1 unspecified atom stereocenters. The minimum Gasteiger partial charge on any atom is -0.379 e. The maximum Gasteiger partial charge on any atom is 0.252 e. The van der Waals surface area contributed by atoms with Crippen molar-refractivity contribution in [2.75, 3.05) is 57.4 Å². The van der Waals surface area contributed by atoms with Crippen LogP contribution in [0.15, 0.2) is 28.5 Å². The van der Waals surface area contributed by atoms with Crippen LogP contribution in [0.1, 0.15) is 24.8 Å². The van der Waals surface area contributed by atoms with Crippen LogP contribution in [0.3, 0.4) is 0 Å². The lowest BCUT2D eigenvalue weighted by Crippen LogP contribution is -2.47. The number of thiazole rings is 1. The summed E-state index contributed by atoms with van der Waals surface area (Å²) >= 11 is 14.9. The number of anilines is 1. The van der Waals surface area contributed by atoms with Gasteiger partial charge >= 0.3 is 0 Å². The second-order valence-corrected chi connectivity index (χ2v) is 14.9. The Balaban J connectivity index is 1.38. The zero-order valence-electron chi connectivity index (χ0n) is 21.1. The summed E-state index contributed by atoms with van der Waals surface area (Å²) in [4.78, 5) is 23.0. The number of carbonyl (C=O) groups is 1. The molecule has 5 rings (SSSR count). The highest BCUT2D eigenvalue weighted by Crippen LogP contribution is 2.36. The molecule has 0 spiro atoms. The van der Waals surface area contributed by atoms with E-state index >= 15 is 0 Å². The number of aryl methyl sites for hydroxylation is 1. The van der Waals surface area contributed by atoms with Crippen LogP contribution >= 0.6 is 45.9 Å². The predicted molar refractivity (Wildman–Crippen MR) is 154 cm³/mol. The normalized spacial score (nSPS) is 19.7. The second-order valence-electron chi connectivity index (χ2n) is 9.57. The van der Waals surface area contributed by atoms with E-state index in [1.165, 1.54) is 21.7 Å². The minimum atomic E-state index is -3.71. The first-order valence-corrected chi connectivity index (χ1v) is 16.5. The highest BCUT2D eigenvalue weighted by Gasteiger charge is 2.36. The van der Waals surface area contributed by atoms with E-state index in [2.05, 4.69) is 4.90 Å². The van der Waals surface area contributed by atoms with E-state index in [0.29, 0.717) is 40.4 Å². The summed E-state index contributed by atoms with van der Waals surface area (Å²) in [6.45, 7) is 7.04. The Morgan fingerprint density at radius 2 is 1.95 bits per heavy atom. The number of piperidine rings is 1. The fourth-order valence-electron chi connectivity index (χ4n) is 4.93. The average Bonchev–Trinajstić information content (AvgIpc) is 3.56. The lowest BCUT2D eigenvalue weighted by molar-refractivity contribution is -0.123. The monoisotopic (exact) mass is 616 g/mol. The van der Waals surface area contributed by atoms with Gasteiger partial charge in [-0.15, -0.1) is 11.3 Å². The van der Waals surface area contributed by atoms with Crippen LogP contribution < -0.4 is 4.90 Å². The fourth-order valence-corrected chi connectivity index (χ4v) is 9.30. The van der Waals surface area contributed by atoms with Gasteiger partial charge in [0.2, 0.25) is 5.91 Å². The van der Waals surface area contributed by atoms with Gasteiger partial charge in [0.25, 0.3) is 10.0 Å². The fraction of sp³-hybridized carbons (Fsp3) is 0.520. The molecule has 0 saturated carbocycles. The van der Waals surface area contributed by atoms with Crippen molar-refractivity contribution in [2.45, 2.75) is 30.4 Å². The van der Waals surface area contributed by atoms with Crippen molar-refractivity contribution in [1.29, 1.82) is 0 Å². The Kier molecular flexibility index (Phi) is 8.95. The SMILES string of the molecule is Cc1c(Cl)ccc2sc(N(CCCN3CCOCC3)C(=O)C3CCCN(S(=O)(=O)c4ccc(Cl)s4)C3)nc12. The Labute approximate surface area is 241 Å². The molecule has 2 aromatic heterocycles. The van der Waals surface area contributed by atoms with Gasteiger partial charge in [-0.25, -0.2) is 13.4 Å². The molecular formula is C25H30Cl2N4O4S3. The first-order chi connectivity index (χ1) is 18.2. The molecular weight excluding hydrogens is 587 g/mol. The van der Waals surface area contributed by atoms with Gasteiger partial charge in [-0.2, -0.15) is 4.31 Å². The molecule has 13 heteroatoms. The minimum absolute atomic E-state index is 0.0844. The zero-order chi connectivity index (χ0) is 26.9. The number of hydrogen-bond acceptors (Lipinski definition) is 8. The number of halogens is 2. The molecule has 1 aromatic carbocycles. The van der Waals surface area contributed by atoms with Crippen LogP contribution in [0.5, 0.6) is 0 Å². The van der Waals surface area contributed by atoms with Gasteiger partial charge < -0.3 is 4.74 Å². The topological polar surface area (TPSA) is 83.0 Å². The molecule has 2 aliphatic heterocycles. The molecule has 0 aliphatic carbocycles. The molecule has 1 atom stereocenters. The summed E-state index contributed by atoms with van der Waals surface area (Å²) in [7, 11) is -3.71. The predicted octanol–water partition coefficient (Wildman–Crippen LogP) is 5.13. The molecule has 0 radical (unpaired) electrons. The second kappa shape index (κ2) is 12.1. The Morgan fingerprint density at radius 1 is 1.16 bits per heavy atom. The number of nitrogens with zero attached hydrogens (tertiary/aromatic N) is 4. The number of benzene rings is 1. The third-order valence-corrected chi connectivity index (χ3v) is 12.1. The van der Waals surface area contributed by atoms with Gasteiger partial charge in [0.15, 0.2) is 5.13 Å². The number of carbonyl (C=O) groups excluding carboxylic acids is 1. The molecule has 38 heavy (non-hydrogen) atoms. The molecule has 4 heterocycles. The van der Waals surface area contributed by atoms with Gasteiger partial charge in [0.1, 0.15) is 4.21 Å². The summed E-state index contributed by atoms with van der Waals surface area (Å²) in [6.07, 6.45) is 2.03. The first kappa shape index (κ1) is 28.2. The van der Waals surface area contributed by atoms with Crippen molar-refractivity contribution >= 4 is 77.2 Å². The van der Waals surface area contributed by atoms with Crippen LogP contribution in [0, 0.1) is 12.8 Å². The highest BCUT2D eigenvalue weighted by atomic mass is 35.5. The van der Waals surface area contributed by atoms with E-state index in [9.17, 15) is 13.2 Å². The standard InChI is InChI=1S/C25H30Cl2N4O4S3/c1-17-19(26)5-6-20-23(17)28-25(36-20)31(11-3-9-29-12-14-35-15-13-29)24(32)18-4-2-10-30(16-18)38(33,34)22-8-7-21(27)37-22/h5-8,18H,2-4,9-16H2,1H3. The summed E-state index contributed by atoms with van der Waals surface area (Å²) in [5, 5.41) is 1.27. The van der Waals surface area contributed by atoms with Gasteiger partial charge in [0.05, 0.1) is 33.7 Å². The number of amides is 1. The van der Waals surface area contributed by atoms with Gasteiger partial charge in [-0.3, -0.25) is 14.6 Å². The highest BCUT2D eigenvalue weighted by molar-refractivity contribution is 7.91. The average molecular weight is 618 g/mol. The van der Waals surface area contributed by atoms with Gasteiger partial charge in [-0.1, -0.05) is 34.5 Å². The smallest absolute Gasteiger partial charge is 0.252 e. The maximum absolute atomic E-state index is 14.0. The molecule has 3 aromatic rings. The molecule has 0 bridgehead atoms. The van der Waals surface area contributed by atoms with Crippen molar-refractivity contribution in [3.05, 3.63) is 39.2 Å². The lowest BCUT2D eigenvalue weighted by atomic mass is 9.98. The van der Waals surface area contributed by atoms with Crippen LogP contribution in [0.2, 0.25) is 9.36 Å². The number of ether oxygens (including phenoxy) is 1. The van der Waals surface area contributed by atoms with Gasteiger partial charge in [0, 0.05) is 44.3 Å². The molecule has 8 nitrogen and oxygen atoms in total. The van der Waals surface area contributed by atoms with Crippen LogP contribution in [-0.4, -0.2) is 81.0 Å².